The van der Waals surface area contributed by atoms with Crippen LogP contribution in [0.15, 0.2) is 18.2 Å². The van der Waals surface area contributed by atoms with E-state index in [2.05, 4.69) is 6.07 Å². The van der Waals surface area contributed by atoms with Crippen molar-refractivity contribution in [2.45, 2.75) is 19.9 Å². The van der Waals surface area contributed by atoms with E-state index in [0.29, 0.717) is 13.0 Å². The third kappa shape index (κ3) is 2.17. The van der Waals surface area contributed by atoms with Crippen LogP contribution in [-0.4, -0.2) is 5.78 Å². The van der Waals surface area contributed by atoms with Gasteiger partial charge in [-0.3, -0.25) is 4.79 Å². The molecule has 0 fully saturated rings. The number of benzene rings is 1. The van der Waals surface area contributed by atoms with Crippen molar-refractivity contribution >= 4 is 5.78 Å². The van der Waals surface area contributed by atoms with E-state index in [-0.39, 0.29) is 5.78 Å². The van der Waals surface area contributed by atoms with Gasteiger partial charge in [-0.25, -0.2) is 0 Å². The molecular weight excluding hydrogens is 150 g/mol. The fourth-order valence-corrected chi connectivity index (χ4v) is 1.11. The standard InChI is InChI=1S/C10H12NO/c1-8(12)6-9-4-2-3-5-10(9)7-11/h2-3,5H,6-7,11H2,1H3. The average molecular weight is 162 g/mol. The largest absolute Gasteiger partial charge is 0.326 e. The number of rotatable bonds is 3. The highest BCUT2D eigenvalue weighted by Crippen LogP contribution is 2.07. The van der Waals surface area contributed by atoms with Crippen molar-refractivity contribution in [3.8, 4) is 0 Å². The molecule has 1 rings (SSSR count). The quantitative estimate of drug-likeness (QED) is 0.722. The first-order chi connectivity index (χ1) is 5.74. The summed E-state index contributed by atoms with van der Waals surface area (Å²) in [5, 5.41) is 0. The highest BCUT2D eigenvalue weighted by molar-refractivity contribution is 5.78. The fraction of sp³-hybridized carbons (Fsp3) is 0.300. The third-order valence-electron chi connectivity index (χ3n) is 1.68. The van der Waals surface area contributed by atoms with Gasteiger partial charge in [-0.1, -0.05) is 18.2 Å². The summed E-state index contributed by atoms with van der Waals surface area (Å²) in [6, 6.07) is 8.63. The molecule has 0 bridgehead atoms. The minimum absolute atomic E-state index is 0.146. The molecule has 2 N–H and O–H groups in total. The third-order valence-corrected chi connectivity index (χ3v) is 1.68. The molecule has 1 radical (unpaired) electrons. The second-order valence-electron chi connectivity index (χ2n) is 2.76. The normalized spacial score (nSPS) is 9.83. The molecule has 0 saturated carbocycles. The lowest BCUT2D eigenvalue weighted by Gasteiger charge is -2.03. The number of carbonyl (C=O) groups excluding carboxylic acids is 1. The Morgan fingerprint density at radius 2 is 2.42 bits per heavy atom. The first-order valence-corrected chi connectivity index (χ1v) is 3.92. The second-order valence-corrected chi connectivity index (χ2v) is 2.76. The molecule has 0 atom stereocenters. The van der Waals surface area contributed by atoms with E-state index in [1.807, 2.05) is 12.1 Å². The summed E-state index contributed by atoms with van der Waals surface area (Å²) in [7, 11) is 0. The van der Waals surface area contributed by atoms with Crippen molar-refractivity contribution in [3.05, 3.63) is 35.4 Å². The van der Waals surface area contributed by atoms with Gasteiger partial charge in [-0.05, 0) is 24.1 Å². The molecular formula is C10H12NO. The summed E-state index contributed by atoms with van der Waals surface area (Å²) in [6.07, 6.45) is 0.438. The highest BCUT2D eigenvalue weighted by atomic mass is 16.1. The van der Waals surface area contributed by atoms with Crippen LogP contribution in [0.4, 0.5) is 0 Å². The Balaban J connectivity index is 2.89. The summed E-state index contributed by atoms with van der Waals surface area (Å²) >= 11 is 0. The first-order valence-electron chi connectivity index (χ1n) is 3.92. The number of Topliss-reactive ketones (excluding diaryl/α,β-unsaturated/α-hetero) is 1. The van der Waals surface area contributed by atoms with Crippen LogP contribution in [0.25, 0.3) is 0 Å². The van der Waals surface area contributed by atoms with E-state index < -0.39 is 0 Å². The van der Waals surface area contributed by atoms with Crippen molar-refractivity contribution < 1.29 is 4.79 Å². The minimum atomic E-state index is 0.146. The van der Waals surface area contributed by atoms with Crippen molar-refractivity contribution in [3.63, 3.8) is 0 Å². The molecule has 0 amide bonds. The van der Waals surface area contributed by atoms with Crippen molar-refractivity contribution in [1.29, 1.82) is 0 Å². The zero-order valence-corrected chi connectivity index (χ0v) is 7.13. The lowest BCUT2D eigenvalue weighted by atomic mass is 10.0. The second kappa shape index (κ2) is 4.02. The summed E-state index contributed by atoms with van der Waals surface area (Å²) < 4.78 is 0. The smallest absolute Gasteiger partial charge is 0.134 e. The molecule has 0 spiro atoms. The van der Waals surface area contributed by atoms with Gasteiger partial charge < -0.3 is 5.73 Å². The van der Waals surface area contributed by atoms with Crippen molar-refractivity contribution in [2.75, 3.05) is 0 Å². The van der Waals surface area contributed by atoms with Gasteiger partial charge in [0, 0.05) is 13.0 Å². The van der Waals surface area contributed by atoms with Crippen LogP contribution >= 0.6 is 0 Å². The van der Waals surface area contributed by atoms with Gasteiger partial charge in [0.25, 0.3) is 0 Å². The average Bonchev–Trinajstić information content (AvgIpc) is 2.04. The first kappa shape index (κ1) is 8.94. The molecule has 1 aromatic carbocycles. The van der Waals surface area contributed by atoms with Crippen LogP contribution in [-0.2, 0) is 17.8 Å². The van der Waals surface area contributed by atoms with Gasteiger partial charge in [0.05, 0.1) is 0 Å². The SMILES string of the molecule is CC(=O)Cc1[c]cccc1CN. The maximum absolute atomic E-state index is 10.8. The Bertz CT molecular complexity index is 281. The minimum Gasteiger partial charge on any atom is -0.326 e. The molecule has 12 heavy (non-hydrogen) atoms. The molecule has 2 nitrogen and oxygen atoms in total. The molecule has 0 aliphatic carbocycles. The van der Waals surface area contributed by atoms with Crippen LogP contribution in [0.1, 0.15) is 18.1 Å². The lowest BCUT2D eigenvalue weighted by Crippen LogP contribution is -2.05. The van der Waals surface area contributed by atoms with Crippen LogP contribution in [0.2, 0.25) is 0 Å². The molecule has 0 aliphatic heterocycles. The Morgan fingerprint density at radius 3 is 3.00 bits per heavy atom. The van der Waals surface area contributed by atoms with Crippen molar-refractivity contribution in [2.24, 2.45) is 5.73 Å². The number of nitrogens with two attached hydrogens (primary N) is 1. The van der Waals surface area contributed by atoms with Gasteiger partial charge in [0.2, 0.25) is 0 Å². The zero-order valence-electron chi connectivity index (χ0n) is 7.13. The van der Waals surface area contributed by atoms with Gasteiger partial charge >= 0.3 is 0 Å². The number of ketones is 1. The van der Waals surface area contributed by atoms with Crippen molar-refractivity contribution in [1.82, 2.24) is 0 Å². The molecule has 1 aromatic rings. The number of carbonyl (C=O) groups is 1. The topological polar surface area (TPSA) is 43.1 Å². The highest BCUT2D eigenvalue weighted by Gasteiger charge is 2.01. The fourth-order valence-electron chi connectivity index (χ4n) is 1.11. The van der Waals surface area contributed by atoms with E-state index in [1.165, 1.54) is 0 Å². The Kier molecular flexibility index (Phi) is 3.00. The van der Waals surface area contributed by atoms with Crippen LogP contribution in [0.5, 0.6) is 0 Å². The summed E-state index contributed by atoms with van der Waals surface area (Å²) in [5.41, 5.74) is 7.43. The van der Waals surface area contributed by atoms with Gasteiger partial charge in [0.15, 0.2) is 0 Å². The zero-order chi connectivity index (χ0) is 8.97. The molecule has 0 unspecified atom stereocenters. The van der Waals surface area contributed by atoms with E-state index in [9.17, 15) is 4.79 Å². The van der Waals surface area contributed by atoms with Crippen LogP contribution in [0, 0.1) is 6.07 Å². The summed E-state index contributed by atoms with van der Waals surface area (Å²) in [6.45, 7) is 2.04. The van der Waals surface area contributed by atoms with E-state index in [1.54, 1.807) is 13.0 Å². The Hall–Kier alpha value is -1.15. The Labute approximate surface area is 72.4 Å². The predicted molar refractivity (Wildman–Crippen MR) is 47.6 cm³/mol. The number of hydrogen-bond acceptors (Lipinski definition) is 2. The van der Waals surface area contributed by atoms with E-state index in [4.69, 9.17) is 5.73 Å². The monoisotopic (exact) mass is 162 g/mol. The van der Waals surface area contributed by atoms with E-state index >= 15 is 0 Å². The lowest BCUT2D eigenvalue weighted by molar-refractivity contribution is -0.116. The Morgan fingerprint density at radius 1 is 1.67 bits per heavy atom. The van der Waals surface area contributed by atoms with Gasteiger partial charge in [0.1, 0.15) is 5.78 Å². The molecule has 0 aromatic heterocycles. The van der Waals surface area contributed by atoms with Crippen LogP contribution < -0.4 is 5.73 Å². The van der Waals surface area contributed by atoms with Gasteiger partial charge in [-0.2, -0.15) is 0 Å². The molecule has 0 aliphatic rings. The maximum atomic E-state index is 10.8. The number of hydrogen-bond donors (Lipinski definition) is 1. The van der Waals surface area contributed by atoms with Gasteiger partial charge in [-0.15, -0.1) is 0 Å². The molecule has 0 heterocycles. The van der Waals surface area contributed by atoms with Crippen LogP contribution in [0.3, 0.4) is 0 Å². The summed E-state index contributed by atoms with van der Waals surface area (Å²) in [4.78, 5) is 10.8. The van der Waals surface area contributed by atoms with E-state index in [0.717, 1.165) is 11.1 Å². The molecule has 2 heteroatoms. The maximum Gasteiger partial charge on any atom is 0.134 e. The molecule has 0 saturated heterocycles. The predicted octanol–water partition coefficient (Wildman–Crippen LogP) is 1.08. The molecule has 63 valence electrons. The summed E-state index contributed by atoms with van der Waals surface area (Å²) in [5.74, 6) is 0.146.